The van der Waals surface area contributed by atoms with Crippen LogP contribution in [0.2, 0.25) is 0 Å². The van der Waals surface area contributed by atoms with Crippen LogP contribution in [0.4, 0.5) is 0 Å². The Hall–Kier alpha value is 0.0900. The molecule has 2 nitrogen and oxygen atoms in total. The summed E-state index contributed by atoms with van der Waals surface area (Å²) in [5.41, 5.74) is -0.735. The van der Waals surface area contributed by atoms with Crippen molar-refractivity contribution in [3.63, 3.8) is 0 Å². The molecule has 0 aliphatic carbocycles. The molecule has 1 aromatic heterocycles. The third kappa shape index (κ3) is 5.50. The van der Waals surface area contributed by atoms with E-state index in [4.69, 9.17) is 0 Å². The van der Waals surface area contributed by atoms with Gasteiger partial charge in [0.1, 0.15) is 5.60 Å². The van der Waals surface area contributed by atoms with Gasteiger partial charge >= 0.3 is 0 Å². The van der Waals surface area contributed by atoms with Crippen molar-refractivity contribution >= 4 is 11.3 Å². The smallest absolute Gasteiger partial charge is 0.107 e. The zero-order chi connectivity index (χ0) is 12.2. The van der Waals surface area contributed by atoms with Gasteiger partial charge in [-0.3, -0.25) is 0 Å². The fraction of sp³-hybridized carbons (Fsp3) is 0.538. The molecule has 17 heavy (non-hydrogen) atoms. The lowest BCUT2D eigenvalue weighted by Gasteiger charge is -2.31. The monoisotopic (exact) mass is 367 g/mol. The van der Waals surface area contributed by atoms with Crippen molar-refractivity contribution in [2.24, 2.45) is 0 Å². The number of rotatable bonds is 6. The van der Waals surface area contributed by atoms with Gasteiger partial charge in [-0.2, -0.15) is 0 Å². The number of hydrogen-bond acceptors (Lipinski definition) is 2. The van der Waals surface area contributed by atoms with Crippen molar-refractivity contribution in [1.29, 1.82) is 0 Å². The van der Waals surface area contributed by atoms with Crippen LogP contribution in [0.15, 0.2) is 30.2 Å². The quantitative estimate of drug-likeness (QED) is 0.413. The van der Waals surface area contributed by atoms with Crippen molar-refractivity contribution in [2.45, 2.75) is 18.4 Å². The molecular formula is C13H22INOS. The molecule has 98 valence electrons. The molecule has 0 aliphatic rings. The fourth-order valence-corrected chi connectivity index (χ4v) is 2.49. The Labute approximate surface area is 126 Å². The third-order valence-electron chi connectivity index (χ3n) is 2.66. The van der Waals surface area contributed by atoms with Crippen LogP contribution < -0.4 is 24.0 Å². The highest BCUT2D eigenvalue weighted by atomic mass is 127. The maximum atomic E-state index is 10.7. The first-order chi connectivity index (χ1) is 7.37. The van der Waals surface area contributed by atoms with E-state index in [0.29, 0.717) is 6.42 Å². The molecule has 4 heteroatoms. The van der Waals surface area contributed by atoms with Crippen molar-refractivity contribution in [2.75, 3.05) is 27.7 Å². The number of halogens is 1. The van der Waals surface area contributed by atoms with Crippen LogP contribution in [-0.2, 0) is 5.60 Å². The second-order valence-electron chi connectivity index (χ2n) is 5.27. The highest BCUT2D eigenvalue weighted by Crippen LogP contribution is 2.33. The molecule has 1 unspecified atom stereocenters. The van der Waals surface area contributed by atoms with Gasteiger partial charge in [-0.25, -0.2) is 0 Å². The molecule has 0 saturated heterocycles. The minimum atomic E-state index is -0.735. The average Bonchev–Trinajstić information content (AvgIpc) is 2.67. The van der Waals surface area contributed by atoms with Gasteiger partial charge in [0.2, 0.25) is 0 Å². The zero-order valence-electron chi connectivity index (χ0n) is 10.8. The Morgan fingerprint density at radius 2 is 2.12 bits per heavy atom. The van der Waals surface area contributed by atoms with Gasteiger partial charge in [-0.1, -0.05) is 12.1 Å². The SMILES string of the molecule is C=CCC(O)(CC[N+](C)(C)C)c1cccs1.[I-]. The molecule has 0 amide bonds. The van der Waals surface area contributed by atoms with Gasteiger partial charge in [0.05, 0.1) is 27.7 Å². The number of hydrogen-bond donors (Lipinski definition) is 1. The van der Waals surface area contributed by atoms with Gasteiger partial charge in [-0.05, 0) is 17.9 Å². The van der Waals surface area contributed by atoms with Crippen LogP contribution in [0.1, 0.15) is 17.7 Å². The van der Waals surface area contributed by atoms with Crippen LogP contribution >= 0.6 is 11.3 Å². The summed E-state index contributed by atoms with van der Waals surface area (Å²) in [7, 11) is 6.42. The molecular weight excluding hydrogens is 345 g/mol. The minimum Gasteiger partial charge on any atom is -1.00 e. The van der Waals surface area contributed by atoms with E-state index >= 15 is 0 Å². The van der Waals surface area contributed by atoms with E-state index in [9.17, 15) is 5.11 Å². The first kappa shape index (κ1) is 17.1. The second kappa shape index (κ2) is 6.87. The van der Waals surface area contributed by atoms with Gasteiger partial charge in [0, 0.05) is 11.3 Å². The highest BCUT2D eigenvalue weighted by molar-refractivity contribution is 7.10. The molecule has 0 fully saturated rings. The summed E-state index contributed by atoms with van der Waals surface area (Å²) in [6, 6.07) is 3.99. The van der Waals surface area contributed by atoms with E-state index in [1.54, 1.807) is 17.4 Å². The Balaban J connectivity index is 0.00000256. The summed E-state index contributed by atoms with van der Waals surface area (Å²) in [6.45, 7) is 4.69. The molecule has 1 heterocycles. The van der Waals surface area contributed by atoms with Gasteiger partial charge in [0.25, 0.3) is 0 Å². The van der Waals surface area contributed by atoms with Crippen molar-refractivity contribution in [1.82, 2.24) is 0 Å². The molecule has 0 saturated carbocycles. The van der Waals surface area contributed by atoms with E-state index < -0.39 is 5.60 Å². The summed E-state index contributed by atoms with van der Waals surface area (Å²) in [4.78, 5) is 1.04. The fourth-order valence-electron chi connectivity index (χ4n) is 1.63. The zero-order valence-corrected chi connectivity index (χ0v) is 13.8. The largest absolute Gasteiger partial charge is 1.00 e. The summed E-state index contributed by atoms with van der Waals surface area (Å²) in [5.74, 6) is 0. The molecule has 1 atom stereocenters. The topological polar surface area (TPSA) is 20.2 Å². The second-order valence-corrected chi connectivity index (χ2v) is 6.21. The van der Waals surface area contributed by atoms with E-state index in [2.05, 4.69) is 27.7 Å². The van der Waals surface area contributed by atoms with E-state index in [1.165, 1.54) is 0 Å². The Kier molecular flexibility index (Phi) is 6.91. The first-order valence-electron chi connectivity index (χ1n) is 5.55. The lowest BCUT2D eigenvalue weighted by atomic mass is 9.93. The van der Waals surface area contributed by atoms with Gasteiger partial charge in [0.15, 0.2) is 0 Å². The minimum absolute atomic E-state index is 0. The number of aliphatic hydroxyl groups is 1. The lowest BCUT2D eigenvalue weighted by molar-refractivity contribution is -0.871. The summed E-state index contributed by atoms with van der Waals surface area (Å²) in [5, 5.41) is 12.7. The maximum Gasteiger partial charge on any atom is 0.107 e. The van der Waals surface area contributed by atoms with Crippen LogP contribution in [0.5, 0.6) is 0 Å². The van der Waals surface area contributed by atoms with Crippen LogP contribution in [0.25, 0.3) is 0 Å². The molecule has 0 aliphatic heterocycles. The molecule has 1 N–H and O–H groups in total. The van der Waals surface area contributed by atoms with Crippen molar-refractivity contribution in [3.05, 3.63) is 35.0 Å². The predicted octanol–water partition coefficient (Wildman–Crippen LogP) is -0.388. The Bertz CT molecular complexity index is 332. The molecule has 1 aromatic rings. The molecule has 0 radical (unpaired) electrons. The van der Waals surface area contributed by atoms with Crippen molar-refractivity contribution < 1.29 is 33.6 Å². The normalized spacial score (nSPS) is 14.8. The summed E-state index contributed by atoms with van der Waals surface area (Å²) in [6.07, 6.45) is 3.19. The van der Waals surface area contributed by atoms with Crippen molar-refractivity contribution in [3.8, 4) is 0 Å². The first-order valence-corrected chi connectivity index (χ1v) is 6.43. The molecule has 0 bridgehead atoms. The Morgan fingerprint density at radius 1 is 1.47 bits per heavy atom. The maximum absolute atomic E-state index is 10.7. The van der Waals surface area contributed by atoms with E-state index in [-0.39, 0.29) is 24.0 Å². The summed E-state index contributed by atoms with van der Waals surface area (Å²) >= 11 is 1.62. The molecule has 1 rings (SSSR count). The standard InChI is InChI=1S/C13H22NOS.HI/c1-5-8-13(15,9-10-14(2,3)4)12-7-6-11-16-12;/h5-7,11,15H,1,8-10H2,2-4H3;1H/q+1;/p-1. The highest BCUT2D eigenvalue weighted by Gasteiger charge is 2.30. The Morgan fingerprint density at radius 3 is 2.53 bits per heavy atom. The van der Waals surface area contributed by atoms with Crippen LogP contribution in [0.3, 0.4) is 0 Å². The summed E-state index contributed by atoms with van der Waals surface area (Å²) < 4.78 is 0.866. The molecule has 0 aromatic carbocycles. The van der Waals surface area contributed by atoms with Crippen LogP contribution in [-0.4, -0.2) is 37.3 Å². The lowest BCUT2D eigenvalue weighted by Crippen LogP contribution is -3.00. The van der Waals surface area contributed by atoms with E-state index in [1.807, 2.05) is 17.5 Å². The van der Waals surface area contributed by atoms with Gasteiger partial charge in [-0.15, -0.1) is 17.9 Å². The van der Waals surface area contributed by atoms with Gasteiger partial charge < -0.3 is 33.6 Å². The predicted molar refractivity (Wildman–Crippen MR) is 70.5 cm³/mol. The number of nitrogens with zero attached hydrogens (tertiary/aromatic N) is 1. The number of quaternary nitrogens is 1. The number of thiophene rings is 1. The average molecular weight is 367 g/mol. The van der Waals surface area contributed by atoms with E-state index in [0.717, 1.165) is 22.3 Å². The third-order valence-corrected chi connectivity index (χ3v) is 3.72. The van der Waals surface area contributed by atoms with Crippen LogP contribution in [0, 0.1) is 0 Å². The molecule has 0 spiro atoms.